The fourth-order valence-electron chi connectivity index (χ4n) is 2.39. The van der Waals surface area contributed by atoms with Crippen LogP contribution in [-0.4, -0.2) is 11.7 Å². The van der Waals surface area contributed by atoms with Crippen molar-refractivity contribution in [2.45, 2.75) is 85.5 Å². The molecule has 0 saturated carbocycles. The molecule has 20 heavy (non-hydrogen) atoms. The second kappa shape index (κ2) is 13.4. The van der Waals surface area contributed by atoms with Gasteiger partial charge in [0.2, 0.25) is 0 Å². The van der Waals surface area contributed by atoms with Crippen LogP contribution in [0.1, 0.15) is 85.5 Å². The molecule has 0 bridgehead atoms. The maximum Gasteiger partial charge on any atom is 0.0614 e. The minimum atomic E-state index is 0.172. The zero-order valence-corrected chi connectivity index (χ0v) is 14.3. The maximum absolute atomic E-state index is 8.79. The predicted octanol–water partition coefficient (Wildman–Crippen LogP) is 6.04. The fraction of sp³-hybridized carbons (Fsp3) is 0.789. The Morgan fingerprint density at radius 2 is 1.45 bits per heavy atom. The summed E-state index contributed by atoms with van der Waals surface area (Å²) in [7, 11) is 0. The van der Waals surface area contributed by atoms with Gasteiger partial charge in [-0.15, -0.1) is 0 Å². The van der Waals surface area contributed by atoms with Crippen molar-refractivity contribution in [1.29, 1.82) is 0 Å². The lowest BCUT2D eigenvalue weighted by atomic mass is 10.0. The van der Waals surface area contributed by atoms with Crippen LogP contribution in [0.25, 0.3) is 0 Å². The van der Waals surface area contributed by atoms with Crippen LogP contribution in [0, 0.1) is 5.92 Å². The third-order valence-corrected chi connectivity index (χ3v) is 3.82. The second-order valence-corrected chi connectivity index (χ2v) is 6.52. The molecule has 0 spiro atoms. The van der Waals surface area contributed by atoms with Gasteiger partial charge in [0.25, 0.3) is 0 Å². The van der Waals surface area contributed by atoms with E-state index in [4.69, 9.17) is 5.11 Å². The van der Waals surface area contributed by atoms with Crippen LogP contribution in [0.2, 0.25) is 0 Å². The number of hydrogen-bond donors (Lipinski definition) is 1. The van der Waals surface area contributed by atoms with E-state index in [1.165, 1.54) is 56.1 Å². The van der Waals surface area contributed by atoms with Crippen molar-refractivity contribution in [3.05, 3.63) is 23.3 Å². The third-order valence-electron chi connectivity index (χ3n) is 3.82. The SMILES string of the molecule is CC(=CCC/C(C)=C/CO)CCCCCCCC(C)C. The number of allylic oxidation sites excluding steroid dienone is 3. The Bertz CT molecular complexity index is 273. The van der Waals surface area contributed by atoms with Crippen LogP contribution in [0.5, 0.6) is 0 Å². The molecule has 118 valence electrons. The first kappa shape index (κ1) is 19.4. The van der Waals surface area contributed by atoms with E-state index >= 15 is 0 Å². The molecule has 1 heteroatoms. The molecule has 0 saturated heterocycles. The van der Waals surface area contributed by atoms with Gasteiger partial charge in [-0.25, -0.2) is 0 Å². The van der Waals surface area contributed by atoms with Crippen LogP contribution in [0.15, 0.2) is 23.3 Å². The zero-order valence-electron chi connectivity index (χ0n) is 14.3. The Balaban J connectivity index is 3.48. The van der Waals surface area contributed by atoms with E-state index in [9.17, 15) is 0 Å². The van der Waals surface area contributed by atoms with Crippen molar-refractivity contribution in [2.75, 3.05) is 6.61 Å². The Morgan fingerprint density at radius 3 is 2.10 bits per heavy atom. The van der Waals surface area contributed by atoms with Gasteiger partial charge in [0.15, 0.2) is 0 Å². The Hall–Kier alpha value is -0.560. The van der Waals surface area contributed by atoms with Crippen LogP contribution in [0.4, 0.5) is 0 Å². The van der Waals surface area contributed by atoms with E-state index < -0.39 is 0 Å². The molecule has 0 aromatic heterocycles. The summed E-state index contributed by atoms with van der Waals surface area (Å²) in [5.41, 5.74) is 2.82. The quantitative estimate of drug-likeness (QED) is 0.341. The number of aliphatic hydroxyl groups excluding tert-OH is 1. The van der Waals surface area contributed by atoms with Gasteiger partial charge in [-0.2, -0.15) is 0 Å². The summed E-state index contributed by atoms with van der Waals surface area (Å²) in [5, 5.41) is 8.79. The average molecular weight is 280 g/mol. The Kier molecular flexibility index (Phi) is 13.0. The molecular formula is C19H36O. The van der Waals surface area contributed by atoms with Gasteiger partial charge < -0.3 is 5.11 Å². The Labute approximate surface area is 127 Å². The highest BCUT2D eigenvalue weighted by molar-refractivity contribution is 5.03. The smallest absolute Gasteiger partial charge is 0.0614 e. The first-order valence-corrected chi connectivity index (χ1v) is 8.48. The molecule has 0 fully saturated rings. The summed E-state index contributed by atoms with van der Waals surface area (Å²) in [5.74, 6) is 0.864. The minimum absolute atomic E-state index is 0.172. The van der Waals surface area contributed by atoms with Gasteiger partial charge in [0, 0.05) is 0 Å². The van der Waals surface area contributed by atoms with Gasteiger partial charge in [-0.3, -0.25) is 0 Å². The number of hydrogen-bond acceptors (Lipinski definition) is 1. The summed E-state index contributed by atoms with van der Waals surface area (Å²) < 4.78 is 0. The minimum Gasteiger partial charge on any atom is -0.392 e. The molecule has 1 nitrogen and oxygen atoms in total. The highest BCUT2D eigenvalue weighted by Gasteiger charge is 1.96. The molecular weight excluding hydrogens is 244 g/mol. The summed E-state index contributed by atoms with van der Waals surface area (Å²) in [6, 6.07) is 0. The number of unbranched alkanes of at least 4 members (excludes halogenated alkanes) is 4. The molecule has 0 unspecified atom stereocenters. The van der Waals surface area contributed by atoms with Crippen LogP contribution >= 0.6 is 0 Å². The molecule has 0 atom stereocenters. The number of aliphatic hydroxyl groups is 1. The summed E-state index contributed by atoms with van der Waals surface area (Å²) in [6.07, 6.45) is 16.0. The third kappa shape index (κ3) is 13.9. The molecule has 0 aliphatic heterocycles. The molecule has 0 aromatic rings. The molecule has 0 amide bonds. The van der Waals surface area contributed by atoms with Gasteiger partial charge in [0.05, 0.1) is 6.61 Å². The molecule has 0 rings (SSSR count). The molecule has 0 aliphatic carbocycles. The highest BCUT2D eigenvalue weighted by Crippen LogP contribution is 2.14. The van der Waals surface area contributed by atoms with Crippen molar-refractivity contribution in [1.82, 2.24) is 0 Å². The van der Waals surface area contributed by atoms with Gasteiger partial charge in [-0.05, 0) is 45.4 Å². The predicted molar refractivity (Wildman–Crippen MR) is 91.0 cm³/mol. The average Bonchev–Trinajstić information content (AvgIpc) is 2.37. The second-order valence-electron chi connectivity index (χ2n) is 6.52. The van der Waals surface area contributed by atoms with Crippen LogP contribution in [-0.2, 0) is 0 Å². The first-order chi connectivity index (χ1) is 9.56. The maximum atomic E-state index is 8.79. The summed E-state index contributed by atoms with van der Waals surface area (Å²) in [6.45, 7) is 9.14. The highest BCUT2D eigenvalue weighted by atomic mass is 16.2. The number of rotatable bonds is 12. The lowest BCUT2D eigenvalue weighted by Gasteiger charge is -2.05. The van der Waals surface area contributed by atoms with E-state index in [0.29, 0.717) is 0 Å². The lowest BCUT2D eigenvalue weighted by Crippen LogP contribution is -1.87. The lowest BCUT2D eigenvalue weighted by molar-refractivity contribution is 0.341. The van der Waals surface area contributed by atoms with E-state index in [1.54, 1.807) is 0 Å². The van der Waals surface area contributed by atoms with Crippen LogP contribution < -0.4 is 0 Å². The van der Waals surface area contributed by atoms with Crippen molar-refractivity contribution in [3.8, 4) is 0 Å². The zero-order chi connectivity index (χ0) is 15.2. The van der Waals surface area contributed by atoms with Crippen LogP contribution in [0.3, 0.4) is 0 Å². The summed E-state index contributed by atoms with van der Waals surface area (Å²) in [4.78, 5) is 0. The monoisotopic (exact) mass is 280 g/mol. The van der Waals surface area contributed by atoms with Crippen molar-refractivity contribution in [2.24, 2.45) is 5.92 Å². The molecule has 0 heterocycles. The normalized spacial score (nSPS) is 13.3. The molecule has 0 aliphatic rings. The topological polar surface area (TPSA) is 20.2 Å². The van der Waals surface area contributed by atoms with E-state index in [-0.39, 0.29) is 6.61 Å². The Morgan fingerprint density at radius 1 is 0.850 bits per heavy atom. The van der Waals surface area contributed by atoms with Crippen molar-refractivity contribution < 1.29 is 5.11 Å². The van der Waals surface area contributed by atoms with Gasteiger partial charge in [-0.1, -0.05) is 69.2 Å². The molecule has 0 radical (unpaired) electrons. The fourth-order valence-corrected chi connectivity index (χ4v) is 2.39. The van der Waals surface area contributed by atoms with Crippen molar-refractivity contribution in [3.63, 3.8) is 0 Å². The van der Waals surface area contributed by atoms with E-state index in [1.807, 2.05) is 6.08 Å². The largest absolute Gasteiger partial charge is 0.392 e. The van der Waals surface area contributed by atoms with Crippen molar-refractivity contribution >= 4 is 0 Å². The standard InChI is InChI=1S/C19H36O/c1-17(2)11-8-6-5-7-9-12-18(3)13-10-14-19(4)15-16-20/h13,15,17,20H,5-12,14,16H2,1-4H3/b18-13?,19-15+. The molecule has 0 aromatic carbocycles. The van der Waals surface area contributed by atoms with Gasteiger partial charge >= 0.3 is 0 Å². The van der Waals surface area contributed by atoms with E-state index in [0.717, 1.165) is 18.8 Å². The summed E-state index contributed by atoms with van der Waals surface area (Å²) >= 11 is 0. The first-order valence-electron chi connectivity index (χ1n) is 8.48. The molecule has 1 N–H and O–H groups in total. The van der Waals surface area contributed by atoms with Gasteiger partial charge in [0.1, 0.15) is 0 Å². The van der Waals surface area contributed by atoms with E-state index in [2.05, 4.69) is 33.8 Å².